The Labute approximate surface area is 163 Å². The molecule has 1 amide bonds. The lowest BCUT2D eigenvalue weighted by atomic mass is 10.0. The van der Waals surface area contributed by atoms with Gasteiger partial charge in [-0.15, -0.1) is 0 Å². The summed E-state index contributed by atoms with van der Waals surface area (Å²) in [6, 6.07) is 29.1. The minimum Gasteiger partial charge on any atom is -0.267 e. The Hall–Kier alpha value is -3.79. The summed E-state index contributed by atoms with van der Waals surface area (Å²) in [5, 5.41) is 5.08. The number of nitrogens with zero attached hydrogens (tertiary/aromatic N) is 2. The van der Waals surface area contributed by atoms with E-state index >= 15 is 0 Å². The van der Waals surface area contributed by atoms with Crippen molar-refractivity contribution in [2.24, 2.45) is 5.10 Å². The predicted octanol–water partition coefficient (Wildman–Crippen LogP) is 5.06. The molecule has 0 unspecified atom stereocenters. The first kappa shape index (κ1) is 17.6. The lowest BCUT2D eigenvalue weighted by molar-refractivity contribution is 0.0956. The van der Waals surface area contributed by atoms with Crippen molar-refractivity contribution in [1.29, 1.82) is 0 Å². The van der Waals surface area contributed by atoms with Crippen molar-refractivity contribution in [1.82, 2.24) is 10.4 Å². The zero-order chi connectivity index (χ0) is 19.3. The average molecular weight is 365 g/mol. The topological polar surface area (TPSA) is 54.4 Å². The second kappa shape index (κ2) is 7.84. The van der Waals surface area contributed by atoms with E-state index in [0.717, 1.165) is 33.4 Å². The molecule has 136 valence electrons. The molecule has 0 saturated carbocycles. The van der Waals surface area contributed by atoms with Crippen molar-refractivity contribution < 1.29 is 4.79 Å². The summed E-state index contributed by atoms with van der Waals surface area (Å²) in [4.78, 5) is 17.6. The zero-order valence-corrected chi connectivity index (χ0v) is 15.5. The Kier molecular flexibility index (Phi) is 4.93. The van der Waals surface area contributed by atoms with Gasteiger partial charge in [-0.2, -0.15) is 5.10 Å². The molecule has 4 heteroatoms. The van der Waals surface area contributed by atoms with Crippen molar-refractivity contribution in [3.05, 3.63) is 102 Å². The molecule has 0 radical (unpaired) electrons. The Morgan fingerprint density at radius 1 is 0.857 bits per heavy atom. The molecule has 0 spiro atoms. The first-order valence-corrected chi connectivity index (χ1v) is 9.07. The summed E-state index contributed by atoms with van der Waals surface area (Å²) in [6.07, 6.45) is 0. The molecule has 0 saturated heterocycles. The van der Waals surface area contributed by atoms with E-state index in [4.69, 9.17) is 4.98 Å². The van der Waals surface area contributed by atoms with Crippen molar-refractivity contribution in [2.75, 3.05) is 0 Å². The van der Waals surface area contributed by atoms with Gasteiger partial charge in [0.25, 0.3) is 5.91 Å². The number of carbonyl (C=O) groups is 1. The number of para-hydroxylation sites is 1. The van der Waals surface area contributed by atoms with Gasteiger partial charge < -0.3 is 0 Å². The summed E-state index contributed by atoms with van der Waals surface area (Å²) in [5.41, 5.74) is 7.45. The number of nitrogens with one attached hydrogen (secondary N) is 1. The third kappa shape index (κ3) is 3.67. The molecular formula is C24H19N3O. The largest absolute Gasteiger partial charge is 0.272 e. The Bertz CT molecular complexity index is 1150. The molecule has 0 bridgehead atoms. The number of rotatable bonds is 4. The van der Waals surface area contributed by atoms with Gasteiger partial charge in [0.1, 0.15) is 0 Å². The summed E-state index contributed by atoms with van der Waals surface area (Å²) < 4.78 is 0. The fourth-order valence-electron chi connectivity index (χ4n) is 3.06. The predicted molar refractivity (Wildman–Crippen MR) is 113 cm³/mol. The number of hydrogen-bond donors (Lipinski definition) is 1. The van der Waals surface area contributed by atoms with Crippen LogP contribution in [-0.4, -0.2) is 16.6 Å². The van der Waals surface area contributed by atoms with Crippen molar-refractivity contribution >= 4 is 22.5 Å². The van der Waals surface area contributed by atoms with E-state index in [0.29, 0.717) is 5.56 Å². The lowest BCUT2D eigenvalue weighted by Crippen LogP contribution is -2.20. The van der Waals surface area contributed by atoms with Crippen LogP contribution in [0.15, 0.2) is 96.1 Å². The molecule has 3 aromatic carbocycles. The molecule has 1 aromatic heterocycles. The van der Waals surface area contributed by atoms with E-state index in [1.807, 2.05) is 97.9 Å². The maximum Gasteiger partial charge on any atom is 0.272 e. The third-order valence-electron chi connectivity index (χ3n) is 4.55. The fraction of sp³-hybridized carbons (Fsp3) is 0.0417. The molecule has 0 atom stereocenters. The Morgan fingerprint density at radius 3 is 2.25 bits per heavy atom. The van der Waals surface area contributed by atoms with E-state index < -0.39 is 0 Å². The molecule has 0 aliphatic heterocycles. The summed E-state index contributed by atoms with van der Waals surface area (Å²) >= 11 is 0. The highest BCUT2D eigenvalue weighted by Gasteiger charge is 2.13. The summed E-state index contributed by atoms with van der Waals surface area (Å²) in [6.45, 7) is 1.87. The van der Waals surface area contributed by atoms with E-state index in [2.05, 4.69) is 10.5 Å². The van der Waals surface area contributed by atoms with Gasteiger partial charge >= 0.3 is 0 Å². The van der Waals surface area contributed by atoms with Crippen LogP contribution >= 0.6 is 0 Å². The number of hydrazone groups is 1. The highest BCUT2D eigenvalue weighted by Crippen LogP contribution is 2.24. The van der Waals surface area contributed by atoms with E-state index in [1.165, 1.54) is 0 Å². The van der Waals surface area contributed by atoms with Gasteiger partial charge in [-0.1, -0.05) is 78.9 Å². The summed E-state index contributed by atoms with van der Waals surface area (Å²) in [5.74, 6) is -0.258. The quantitative estimate of drug-likeness (QED) is 0.406. The highest BCUT2D eigenvalue weighted by molar-refractivity contribution is 6.08. The third-order valence-corrected chi connectivity index (χ3v) is 4.55. The molecule has 4 nitrogen and oxygen atoms in total. The van der Waals surface area contributed by atoms with Crippen LogP contribution in [0.3, 0.4) is 0 Å². The maximum atomic E-state index is 12.9. The van der Waals surface area contributed by atoms with Crippen molar-refractivity contribution in [3.8, 4) is 11.3 Å². The van der Waals surface area contributed by atoms with Crippen LogP contribution in [0.2, 0.25) is 0 Å². The van der Waals surface area contributed by atoms with Gasteiger partial charge in [0.15, 0.2) is 0 Å². The van der Waals surface area contributed by atoms with Crippen molar-refractivity contribution in [2.45, 2.75) is 6.92 Å². The number of aromatic nitrogens is 1. The van der Waals surface area contributed by atoms with E-state index in [1.54, 1.807) is 0 Å². The van der Waals surface area contributed by atoms with Gasteiger partial charge in [0.2, 0.25) is 0 Å². The highest BCUT2D eigenvalue weighted by atomic mass is 16.2. The number of benzene rings is 3. The molecule has 1 N–H and O–H groups in total. The first-order chi connectivity index (χ1) is 13.7. The number of fused-ring (bicyclic) bond motifs is 1. The monoisotopic (exact) mass is 365 g/mol. The fourth-order valence-corrected chi connectivity index (χ4v) is 3.06. The number of carbonyl (C=O) groups excluding carboxylic acids is 1. The molecule has 0 aliphatic rings. The van der Waals surface area contributed by atoms with Gasteiger partial charge in [-0.25, -0.2) is 10.4 Å². The van der Waals surface area contributed by atoms with Gasteiger partial charge in [0, 0.05) is 10.9 Å². The molecule has 4 aromatic rings. The number of amides is 1. The lowest BCUT2D eigenvalue weighted by Gasteiger charge is -2.09. The molecule has 4 rings (SSSR count). The normalized spacial score (nSPS) is 11.4. The van der Waals surface area contributed by atoms with Crippen LogP contribution in [0.25, 0.3) is 22.2 Å². The van der Waals surface area contributed by atoms with Gasteiger partial charge in [-0.05, 0) is 24.6 Å². The van der Waals surface area contributed by atoms with Crippen LogP contribution in [0, 0.1) is 0 Å². The Morgan fingerprint density at radius 2 is 1.50 bits per heavy atom. The minimum atomic E-state index is -0.258. The van der Waals surface area contributed by atoms with E-state index in [9.17, 15) is 4.79 Å². The Balaban J connectivity index is 1.72. The van der Waals surface area contributed by atoms with Crippen LogP contribution in [-0.2, 0) is 0 Å². The second-order valence-corrected chi connectivity index (χ2v) is 6.44. The van der Waals surface area contributed by atoms with Crippen molar-refractivity contribution in [3.63, 3.8) is 0 Å². The number of pyridine rings is 1. The SMILES string of the molecule is C/C(=N/NC(=O)c1cc(-c2ccccc2)nc2ccccc12)c1ccccc1. The summed E-state index contributed by atoms with van der Waals surface area (Å²) in [7, 11) is 0. The second-order valence-electron chi connectivity index (χ2n) is 6.44. The number of hydrogen-bond acceptors (Lipinski definition) is 3. The van der Waals surface area contributed by atoms with Crippen LogP contribution in [0.1, 0.15) is 22.8 Å². The van der Waals surface area contributed by atoms with Crippen LogP contribution < -0.4 is 5.43 Å². The van der Waals surface area contributed by atoms with Gasteiger partial charge in [0.05, 0.1) is 22.5 Å². The first-order valence-electron chi connectivity index (χ1n) is 9.07. The molecule has 0 aliphatic carbocycles. The average Bonchev–Trinajstić information content (AvgIpc) is 2.77. The molecule has 28 heavy (non-hydrogen) atoms. The molecule has 0 fully saturated rings. The smallest absolute Gasteiger partial charge is 0.267 e. The minimum absolute atomic E-state index is 0.258. The van der Waals surface area contributed by atoms with Gasteiger partial charge in [-0.3, -0.25) is 4.79 Å². The maximum absolute atomic E-state index is 12.9. The zero-order valence-electron chi connectivity index (χ0n) is 15.5. The van der Waals surface area contributed by atoms with E-state index in [-0.39, 0.29) is 5.91 Å². The standard InChI is InChI=1S/C24H19N3O/c1-17(18-10-4-2-5-11-18)26-27-24(28)21-16-23(19-12-6-3-7-13-19)25-22-15-9-8-14-20(21)22/h2-16H,1H3,(H,27,28)/b26-17-. The molecular weight excluding hydrogens is 346 g/mol. The van der Waals surface area contributed by atoms with Crippen LogP contribution in [0.5, 0.6) is 0 Å². The molecule has 1 heterocycles. The van der Waals surface area contributed by atoms with Crippen LogP contribution in [0.4, 0.5) is 0 Å².